The van der Waals surface area contributed by atoms with Crippen molar-refractivity contribution in [2.24, 2.45) is 0 Å². The summed E-state index contributed by atoms with van der Waals surface area (Å²) in [5, 5.41) is -0.792. The highest BCUT2D eigenvalue weighted by Gasteiger charge is 2.30. The molecular formula is C7H14BrNO4S2. The largest absolute Gasteiger partial charge is 0.228 e. The van der Waals surface area contributed by atoms with Crippen LogP contribution < -0.4 is 0 Å². The molecule has 1 saturated heterocycles. The van der Waals surface area contributed by atoms with Gasteiger partial charge in [-0.25, -0.2) is 16.8 Å². The number of sulfonamides is 1. The molecule has 0 amide bonds. The zero-order chi connectivity index (χ0) is 11.7. The van der Waals surface area contributed by atoms with E-state index in [1.54, 1.807) is 0 Å². The lowest BCUT2D eigenvalue weighted by Gasteiger charge is -2.28. The number of hydrogen-bond donors (Lipinski definition) is 0. The van der Waals surface area contributed by atoms with E-state index in [1.807, 2.05) is 0 Å². The van der Waals surface area contributed by atoms with Gasteiger partial charge >= 0.3 is 0 Å². The van der Waals surface area contributed by atoms with Gasteiger partial charge in [-0.1, -0.05) is 15.9 Å². The second-order valence-corrected chi connectivity index (χ2v) is 9.52. The van der Waals surface area contributed by atoms with Gasteiger partial charge in [0.25, 0.3) is 0 Å². The molecule has 15 heavy (non-hydrogen) atoms. The molecule has 0 aromatic rings. The van der Waals surface area contributed by atoms with Crippen LogP contribution in [0.1, 0.15) is 12.8 Å². The van der Waals surface area contributed by atoms with E-state index in [0.29, 0.717) is 13.1 Å². The molecule has 5 nitrogen and oxygen atoms in total. The van der Waals surface area contributed by atoms with E-state index in [4.69, 9.17) is 0 Å². The summed E-state index contributed by atoms with van der Waals surface area (Å²) in [5.74, 6) is 0. The molecule has 0 radical (unpaired) electrons. The average Bonchev–Trinajstić information content (AvgIpc) is 1.99. The Hall–Kier alpha value is 0.340. The second kappa shape index (κ2) is 4.68. The molecule has 8 heteroatoms. The first-order valence-electron chi connectivity index (χ1n) is 4.50. The maximum atomic E-state index is 11.7. The van der Waals surface area contributed by atoms with Crippen molar-refractivity contribution in [3.05, 3.63) is 0 Å². The minimum Gasteiger partial charge on any atom is -0.228 e. The summed E-state index contributed by atoms with van der Waals surface area (Å²) < 4.78 is 46.5. The summed E-state index contributed by atoms with van der Waals surface area (Å²) in [6.07, 6.45) is 2.61. The molecule has 0 aliphatic carbocycles. The van der Waals surface area contributed by atoms with Crippen molar-refractivity contribution in [1.82, 2.24) is 4.31 Å². The Morgan fingerprint density at radius 1 is 1.33 bits per heavy atom. The number of alkyl halides is 1. The molecule has 1 aliphatic heterocycles. The van der Waals surface area contributed by atoms with Gasteiger partial charge < -0.3 is 0 Å². The summed E-state index contributed by atoms with van der Waals surface area (Å²) in [6, 6.07) is 0. The van der Waals surface area contributed by atoms with Crippen molar-refractivity contribution < 1.29 is 16.8 Å². The molecule has 1 rings (SSSR count). The fourth-order valence-electron chi connectivity index (χ4n) is 1.49. The molecule has 0 saturated carbocycles. The van der Waals surface area contributed by atoms with Crippen molar-refractivity contribution in [2.75, 3.05) is 24.4 Å². The van der Waals surface area contributed by atoms with Gasteiger partial charge in [-0.05, 0) is 12.8 Å². The van der Waals surface area contributed by atoms with Crippen LogP contribution in [-0.2, 0) is 19.9 Å². The zero-order valence-electron chi connectivity index (χ0n) is 8.39. The second-order valence-electron chi connectivity index (χ2n) is 3.75. The van der Waals surface area contributed by atoms with E-state index in [-0.39, 0.29) is 4.83 Å². The minimum atomic E-state index is -3.66. The number of nitrogens with zero attached hydrogens (tertiary/aromatic N) is 1. The standard InChI is InChI=1S/C7H14BrNO4S2/c1-14(10,11)6-15(12,13)9-4-2-3-7(8)5-9/h7H,2-6H2,1H3. The predicted molar refractivity (Wildman–Crippen MR) is 62.2 cm³/mol. The molecule has 1 atom stereocenters. The highest BCUT2D eigenvalue weighted by Crippen LogP contribution is 2.20. The summed E-state index contributed by atoms with van der Waals surface area (Å²) >= 11 is 3.35. The highest BCUT2D eigenvalue weighted by atomic mass is 79.9. The summed E-state index contributed by atoms with van der Waals surface area (Å²) in [5.41, 5.74) is 0. The van der Waals surface area contributed by atoms with Crippen LogP contribution in [0.2, 0.25) is 0 Å². The predicted octanol–water partition coefficient (Wildman–Crippen LogP) is 0.178. The van der Waals surface area contributed by atoms with E-state index in [1.165, 1.54) is 4.31 Å². The number of rotatable bonds is 3. The molecule has 1 unspecified atom stereocenters. The molecule has 0 spiro atoms. The third-order valence-electron chi connectivity index (χ3n) is 2.08. The van der Waals surface area contributed by atoms with Crippen molar-refractivity contribution >= 4 is 35.8 Å². The van der Waals surface area contributed by atoms with Crippen molar-refractivity contribution in [2.45, 2.75) is 17.7 Å². The summed E-state index contributed by atoms with van der Waals surface area (Å²) in [6.45, 7) is 0.776. The number of piperidine rings is 1. The van der Waals surface area contributed by atoms with Gasteiger partial charge in [-0.2, -0.15) is 4.31 Å². The fraction of sp³-hybridized carbons (Fsp3) is 1.00. The maximum Gasteiger partial charge on any atom is 0.228 e. The van der Waals surface area contributed by atoms with Crippen LogP contribution in [0, 0.1) is 0 Å². The van der Waals surface area contributed by atoms with E-state index in [9.17, 15) is 16.8 Å². The van der Waals surface area contributed by atoms with Gasteiger partial charge in [0.15, 0.2) is 14.9 Å². The van der Waals surface area contributed by atoms with Crippen LogP contribution in [-0.4, -0.2) is 50.4 Å². The first-order valence-corrected chi connectivity index (χ1v) is 9.09. The topological polar surface area (TPSA) is 71.5 Å². The van der Waals surface area contributed by atoms with Crippen LogP contribution in [0.3, 0.4) is 0 Å². The molecule has 90 valence electrons. The molecular weight excluding hydrogens is 306 g/mol. The lowest BCUT2D eigenvalue weighted by atomic mass is 10.2. The zero-order valence-corrected chi connectivity index (χ0v) is 11.6. The van der Waals surface area contributed by atoms with Crippen LogP contribution in [0.25, 0.3) is 0 Å². The van der Waals surface area contributed by atoms with Crippen molar-refractivity contribution in [3.8, 4) is 0 Å². The lowest BCUT2D eigenvalue weighted by Crippen LogP contribution is -2.42. The summed E-state index contributed by atoms with van der Waals surface area (Å²) in [4.78, 5) is 0.126. The van der Waals surface area contributed by atoms with E-state index in [0.717, 1.165) is 19.1 Å². The van der Waals surface area contributed by atoms with E-state index >= 15 is 0 Å². The molecule has 0 aromatic heterocycles. The van der Waals surface area contributed by atoms with Crippen molar-refractivity contribution in [3.63, 3.8) is 0 Å². The third-order valence-corrected chi connectivity index (χ3v) is 6.85. The minimum absolute atomic E-state index is 0.126. The molecule has 1 aliphatic rings. The van der Waals surface area contributed by atoms with Crippen LogP contribution in [0.5, 0.6) is 0 Å². The quantitative estimate of drug-likeness (QED) is 0.696. The van der Waals surface area contributed by atoms with Gasteiger partial charge in [0.05, 0.1) is 0 Å². The Morgan fingerprint density at radius 3 is 2.40 bits per heavy atom. The maximum absolute atomic E-state index is 11.7. The number of hydrogen-bond acceptors (Lipinski definition) is 4. The Morgan fingerprint density at radius 2 is 1.93 bits per heavy atom. The Bertz CT molecular complexity index is 416. The van der Waals surface area contributed by atoms with Crippen LogP contribution in [0.15, 0.2) is 0 Å². The third kappa shape index (κ3) is 4.38. The molecule has 0 bridgehead atoms. The Balaban J connectivity index is 2.78. The van der Waals surface area contributed by atoms with Gasteiger partial charge in [0.2, 0.25) is 10.0 Å². The first-order chi connectivity index (χ1) is 6.71. The smallest absolute Gasteiger partial charge is 0.228 e. The van der Waals surface area contributed by atoms with Gasteiger partial charge in [0, 0.05) is 24.2 Å². The van der Waals surface area contributed by atoms with E-state index < -0.39 is 24.9 Å². The molecule has 0 N–H and O–H groups in total. The van der Waals surface area contributed by atoms with Crippen LogP contribution in [0.4, 0.5) is 0 Å². The SMILES string of the molecule is CS(=O)(=O)CS(=O)(=O)N1CCCC(Br)C1. The highest BCUT2D eigenvalue weighted by molar-refractivity contribution is 9.09. The lowest BCUT2D eigenvalue weighted by molar-refractivity contribution is 0.357. The monoisotopic (exact) mass is 319 g/mol. The molecule has 1 heterocycles. The number of sulfone groups is 1. The number of halogens is 1. The van der Waals surface area contributed by atoms with Crippen LogP contribution >= 0.6 is 15.9 Å². The van der Waals surface area contributed by atoms with Crippen molar-refractivity contribution in [1.29, 1.82) is 0 Å². The Labute approximate surface area is 98.9 Å². The summed E-state index contributed by atoms with van der Waals surface area (Å²) in [7, 11) is -7.15. The van der Waals surface area contributed by atoms with Gasteiger partial charge in [-0.3, -0.25) is 0 Å². The first kappa shape index (κ1) is 13.4. The van der Waals surface area contributed by atoms with Gasteiger partial charge in [-0.15, -0.1) is 0 Å². The average molecular weight is 320 g/mol. The normalized spacial score (nSPS) is 25.3. The fourth-order valence-corrected chi connectivity index (χ4v) is 5.93. The molecule has 0 aromatic carbocycles. The van der Waals surface area contributed by atoms with E-state index in [2.05, 4.69) is 15.9 Å². The Kier molecular flexibility index (Phi) is 4.19. The molecule has 1 fully saturated rings. The van der Waals surface area contributed by atoms with Gasteiger partial charge in [0.1, 0.15) is 0 Å².